The van der Waals surface area contributed by atoms with Crippen molar-refractivity contribution in [2.45, 2.75) is 4.21 Å². The molecule has 0 saturated heterocycles. The molecule has 0 unspecified atom stereocenters. The van der Waals surface area contributed by atoms with Crippen LogP contribution in [0.5, 0.6) is 5.75 Å². The quantitative estimate of drug-likeness (QED) is 0.818. The van der Waals surface area contributed by atoms with Gasteiger partial charge in [-0.25, -0.2) is 8.42 Å². The lowest BCUT2D eigenvalue weighted by atomic mass is 10.2. The molecule has 0 atom stereocenters. The fourth-order valence-electron chi connectivity index (χ4n) is 1.14. The minimum Gasteiger partial charge on any atom is -0.506 e. The number of phenolic OH excluding ortho intramolecular Hbond substituents is 1. The number of rotatable bonds is 1. The summed E-state index contributed by atoms with van der Waals surface area (Å²) in [6.07, 6.45) is 0. The normalized spacial score (nSPS) is 12.1. The van der Waals surface area contributed by atoms with Crippen LogP contribution < -0.4 is 0 Å². The van der Waals surface area contributed by atoms with E-state index in [-0.39, 0.29) is 15.0 Å². The van der Waals surface area contributed by atoms with Crippen LogP contribution in [0.3, 0.4) is 0 Å². The third kappa shape index (κ3) is 2.06. The molecule has 0 aliphatic carbocycles. The zero-order chi connectivity index (χ0) is 11.2. The third-order valence-electron chi connectivity index (χ3n) is 1.80. The maximum absolute atomic E-state index is 11.1. The molecule has 15 heavy (non-hydrogen) atoms. The number of hydrogen-bond acceptors (Lipinski definition) is 4. The number of fused-ring (bicyclic) bond motifs is 1. The number of phenols is 1. The molecule has 3 nitrogen and oxygen atoms in total. The van der Waals surface area contributed by atoms with Crippen LogP contribution in [-0.4, -0.2) is 13.5 Å². The van der Waals surface area contributed by atoms with Crippen LogP contribution in [0.2, 0.25) is 5.02 Å². The minimum atomic E-state index is -3.72. The van der Waals surface area contributed by atoms with Crippen LogP contribution in [0, 0.1) is 0 Å². The first-order valence-electron chi connectivity index (χ1n) is 3.74. The molecule has 80 valence electrons. The second-order valence-corrected chi connectivity index (χ2v) is 7.13. The van der Waals surface area contributed by atoms with Crippen LogP contribution in [0.25, 0.3) is 10.1 Å². The molecule has 0 aliphatic rings. The highest BCUT2D eigenvalue weighted by Crippen LogP contribution is 2.36. The first-order valence-corrected chi connectivity index (χ1v) is 7.25. The lowest BCUT2D eigenvalue weighted by Crippen LogP contribution is -1.83. The van der Waals surface area contributed by atoms with Gasteiger partial charge in [0.1, 0.15) is 9.96 Å². The maximum atomic E-state index is 11.1. The molecule has 1 N–H and O–H groups in total. The lowest BCUT2D eigenvalue weighted by Gasteiger charge is -1.94. The Morgan fingerprint density at radius 3 is 2.53 bits per heavy atom. The monoisotopic (exact) mass is 282 g/mol. The summed E-state index contributed by atoms with van der Waals surface area (Å²) in [5.74, 6) is -0.0791. The van der Waals surface area contributed by atoms with E-state index in [4.69, 9.17) is 22.3 Å². The second kappa shape index (κ2) is 3.52. The van der Waals surface area contributed by atoms with Crippen molar-refractivity contribution in [3.63, 3.8) is 0 Å². The summed E-state index contributed by atoms with van der Waals surface area (Å²) in [5.41, 5.74) is 0. The van der Waals surface area contributed by atoms with E-state index in [0.717, 1.165) is 11.3 Å². The molecule has 0 fully saturated rings. The highest BCUT2D eigenvalue weighted by Gasteiger charge is 2.15. The summed E-state index contributed by atoms with van der Waals surface area (Å²) < 4.78 is 22.8. The van der Waals surface area contributed by atoms with E-state index in [1.807, 2.05) is 0 Å². The van der Waals surface area contributed by atoms with E-state index in [1.54, 1.807) is 0 Å². The zero-order valence-corrected chi connectivity index (χ0v) is 10.2. The Morgan fingerprint density at radius 1 is 1.27 bits per heavy atom. The molecule has 0 bridgehead atoms. The van der Waals surface area contributed by atoms with E-state index >= 15 is 0 Å². The van der Waals surface area contributed by atoms with Crippen molar-refractivity contribution in [2.24, 2.45) is 0 Å². The Bertz CT molecular complexity index is 592. The van der Waals surface area contributed by atoms with Gasteiger partial charge in [0.25, 0.3) is 9.05 Å². The van der Waals surface area contributed by atoms with Crippen LogP contribution in [-0.2, 0) is 9.05 Å². The highest BCUT2D eigenvalue weighted by molar-refractivity contribution is 8.15. The van der Waals surface area contributed by atoms with Gasteiger partial charge in [0.15, 0.2) is 0 Å². The largest absolute Gasteiger partial charge is 0.506 e. The van der Waals surface area contributed by atoms with Gasteiger partial charge in [-0.1, -0.05) is 11.6 Å². The van der Waals surface area contributed by atoms with E-state index in [2.05, 4.69) is 0 Å². The van der Waals surface area contributed by atoms with E-state index in [9.17, 15) is 13.5 Å². The summed E-state index contributed by atoms with van der Waals surface area (Å²) in [7, 11) is 1.47. The Balaban J connectivity index is 2.77. The van der Waals surface area contributed by atoms with Crippen LogP contribution >= 0.6 is 33.6 Å². The molecule has 2 rings (SSSR count). The standard InChI is InChI=1S/C8H4Cl2O3S2/c9-5-1-4-2-8(15(10,12)13)14-7(4)3-6(5)11/h1-3,11H. The number of hydrogen-bond donors (Lipinski definition) is 1. The molecular weight excluding hydrogens is 279 g/mol. The SMILES string of the molecule is O=S(=O)(Cl)c1cc2cc(Cl)c(O)cc2s1. The lowest BCUT2D eigenvalue weighted by molar-refractivity contribution is 0.476. The predicted molar refractivity (Wildman–Crippen MR) is 61.5 cm³/mol. The van der Waals surface area contributed by atoms with Crippen molar-refractivity contribution in [1.29, 1.82) is 0 Å². The third-order valence-corrected chi connectivity index (χ3v) is 5.28. The first-order chi connectivity index (χ1) is 6.88. The number of halogens is 2. The fourth-order valence-corrected chi connectivity index (χ4v) is 3.48. The Hall–Kier alpha value is -0.490. The first kappa shape index (κ1) is 11.0. The number of thiophene rings is 1. The van der Waals surface area contributed by atoms with E-state index < -0.39 is 9.05 Å². The van der Waals surface area contributed by atoms with E-state index in [1.165, 1.54) is 18.2 Å². The van der Waals surface area contributed by atoms with E-state index in [0.29, 0.717) is 10.1 Å². The molecule has 0 aliphatic heterocycles. The Kier molecular flexibility index (Phi) is 2.58. The Labute approximate surface area is 99.3 Å². The second-order valence-electron chi connectivity index (χ2n) is 2.84. The van der Waals surface area contributed by atoms with Crippen molar-refractivity contribution in [3.05, 3.63) is 23.2 Å². The van der Waals surface area contributed by atoms with Gasteiger partial charge in [-0.2, -0.15) is 0 Å². The van der Waals surface area contributed by atoms with Crippen LogP contribution in [0.15, 0.2) is 22.4 Å². The van der Waals surface area contributed by atoms with Crippen molar-refractivity contribution in [3.8, 4) is 5.75 Å². The Morgan fingerprint density at radius 2 is 1.93 bits per heavy atom. The average Bonchev–Trinajstić information content (AvgIpc) is 2.47. The summed E-state index contributed by atoms with van der Waals surface area (Å²) in [6.45, 7) is 0. The van der Waals surface area contributed by atoms with Crippen molar-refractivity contribution in [2.75, 3.05) is 0 Å². The summed E-state index contributed by atoms with van der Waals surface area (Å²) in [5, 5.41) is 10.1. The molecule has 0 saturated carbocycles. The summed E-state index contributed by atoms with van der Waals surface area (Å²) in [4.78, 5) is 0. The van der Waals surface area contributed by atoms with Gasteiger partial charge >= 0.3 is 0 Å². The molecule has 2 aromatic rings. The smallest absolute Gasteiger partial charge is 0.270 e. The molecule has 1 aromatic heterocycles. The molecule has 0 radical (unpaired) electrons. The van der Waals surface area contributed by atoms with Crippen molar-refractivity contribution >= 4 is 52.8 Å². The van der Waals surface area contributed by atoms with Crippen molar-refractivity contribution < 1.29 is 13.5 Å². The molecule has 1 aromatic carbocycles. The van der Waals surface area contributed by atoms with Gasteiger partial charge < -0.3 is 5.11 Å². The fraction of sp³-hybridized carbons (Fsp3) is 0. The maximum Gasteiger partial charge on any atom is 0.270 e. The van der Waals surface area contributed by atoms with Gasteiger partial charge in [-0.05, 0) is 23.6 Å². The molecular formula is C8H4Cl2O3S2. The molecule has 1 heterocycles. The predicted octanol–water partition coefficient (Wildman–Crippen LogP) is 3.19. The van der Waals surface area contributed by atoms with Gasteiger partial charge in [0.05, 0.1) is 5.02 Å². The number of benzene rings is 1. The van der Waals surface area contributed by atoms with Crippen LogP contribution in [0.1, 0.15) is 0 Å². The average molecular weight is 283 g/mol. The van der Waals surface area contributed by atoms with Crippen molar-refractivity contribution in [1.82, 2.24) is 0 Å². The molecule has 0 spiro atoms. The summed E-state index contributed by atoms with van der Waals surface area (Å²) in [6, 6.07) is 4.33. The molecule has 7 heteroatoms. The minimum absolute atomic E-state index is 0.0424. The van der Waals surface area contributed by atoms with Gasteiger partial charge in [0.2, 0.25) is 0 Å². The summed E-state index contributed by atoms with van der Waals surface area (Å²) >= 11 is 6.67. The zero-order valence-electron chi connectivity index (χ0n) is 7.07. The topological polar surface area (TPSA) is 54.4 Å². The molecule has 0 amide bonds. The van der Waals surface area contributed by atoms with Gasteiger partial charge in [-0.3, -0.25) is 0 Å². The number of aromatic hydroxyl groups is 1. The highest BCUT2D eigenvalue weighted by atomic mass is 35.7. The van der Waals surface area contributed by atoms with Crippen LogP contribution in [0.4, 0.5) is 0 Å². The van der Waals surface area contributed by atoms with Gasteiger partial charge in [-0.15, -0.1) is 11.3 Å². The van der Waals surface area contributed by atoms with Gasteiger partial charge in [0, 0.05) is 15.4 Å².